The van der Waals surface area contributed by atoms with Crippen LogP contribution in [0.3, 0.4) is 0 Å². The van der Waals surface area contributed by atoms with Crippen LogP contribution in [0.2, 0.25) is 0 Å². The summed E-state index contributed by atoms with van der Waals surface area (Å²) in [6.45, 7) is 4.98. The number of nitrogens with zero attached hydrogens (tertiary/aromatic N) is 1. The molecular formula is C32H66NO2+. The predicted octanol–water partition coefficient (Wildman–Crippen LogP) is 10.0. The van der Waals surface area contributed by atoms with E-state index in [-0.39, 0.29) is 5.97 Å². The third-order valence-electron chi connectivity index (χ3n) is 7.74. The maximum Gasteiger partial charge on any atom is 0.305 e. The molecular weight excluding hydrogens is 430 g/mol. The Balaban J connectivity index is 3.30. The van der Waals surface area contributed by atoms with Crippen molar-refractivity contribution in [3.63, 3.8) is 0 Å². The Labute approximate surface area is 221 Å². The lowest BCUT2D eigenvalue weighted by molar-refractivity contribution is -0.890. The summed E-state index contributed by atoms with van der Waals surface area (Å²) in [5, 5.41) is 0. The second kappa shape index (κ2) is 26.5. The SMILES string of the molecule is CCCCCCCCCCCCCCCCCC[N+](C)(C)CCCCCCCCCCC(=O)OC. The number of carbonyl (C=O) groups excluding carboxylic acids is 1. The zero-order valence-corrected chi connectivity index (χ0v) is 24.9. The first-order chi connectivity index (χ1) is 17.0. The van der Waals surface area contributed by atoms with Crippen LogP contribution in [0, 0.1) is 0 Å². The van der Waals surface area contributed by atoms with E-state index in [1.54, 1.807) is 0 Å². The van der Waals surface area contributed by atoms with Gasteiger partial charge in [-0.05, 0) is 32.1 Å². The molecule has 0 aromatic carbocycles. The van der Waals surface area contributed by atoms with Crippen molar-refractivity contribution in [2.45, 2.75) is 167 Å². The van der Waals surface area contributed by atoms with Crippen molar-refractivity contribution in [3.05, 3.63) is 0 Å². The molecule has 0 heterocycles. The molecule has 0 aliphatic carbocycles. The fourth-order valence-corrected chi connectivity index (χ4v) is 5.17. The van der Waals surface area contributed by atoms with E-state index in [2.05, 4.69) is 25.8 Å². The second-order valence-electron chi connectivity index (χ2n) is 11.8. The smallest absolute Gasteiger partial charge is 0.305 e. The highest BCUT2D eigenvalue weighted by atomic mass is 16.5. The van der Waals surface area contributed by atoms with Gasteiger partial charge in [0.25, 0.3) is 0 Å². The molecule has 0 bridgehead atoms. The minimum Gasteiger partial charge on any atom is -0.469 e. The molecule has 35 heavy (non-hydrogen) atoms. The van der Waals surface area contributed by atoms with Gasteiger partial charge in [0.05, 0.1) is 34.3 Å². The molecule has 0 fully saturated rings. The maximum absolute atomic E-state index is 11.1. The minimum atomic E-state index is -0.0645. The number of esters is 1. The molecule has 0 unspecified atom stereocenters. The number of carbonyl (C=O) groups is 1. The van der Waals surface area contributed by atoms with Crippen molar-refractivity contribution in [2.75, 3.05) is 34.3 Å². The molecule has 0 aromatic rings. The van der Waals surface area contributed by atoms with Crippen molar-refractivity contribution >= 4 is 5.97 Å². The summed E-state index contributed by atoms with van der Waals surface area (Å²) in [7, 11) is 6.32. The van der Waals surface area contributed by atoms with Gasteiger partial charge in [-0.15, -0.1) is 0 Å². The Morgan fingerprint density at radius 2 is 0.771 bits per heavy atom. The summed E-state index contributed by atoms with van der Waals surface area (Å²) in [5.74, 6) is -0.0645. The molecule has 0 spiro atoms. The molecule has 0 aliphatic rings. The zero-order valence-electron chi connectivity index (χ0n) is 24.9. The Bertz CT molecular complexity index is 435. The van der Waals surface area contributed by atoms with Gasteiger partial charge in [0, 0.05) is 6.42 Å². The summed E-state index contributed by atoms with van der Waals surface area (Å²) in [5.41, 5.74) is 0. The number of ether oxygens (including phenoxy) is 1. The van der Waals surface area contributed by atoms with E-state index < -0.39 is 0 Å². The van der Waals surface area contributed by atoms with Crippen LogP contribution in [-0.4, -0.2) is 44.7 Å². The highest BCUT2D eigenvalue weighted by molar-refractivity contribution is 5.68. The number of rotatable bonds is 28. The first-order valence-electron chi connectivity index (χ1n) is 15.9. The van der Waals surface area contributed by atoms with Crippen molar-refractivity contribution in [1.82, 2.24) is 0 Å². The molecule has 0 saturated carbocycles. The fourth-order valence-electron chi connectivity index (χ4n) is 5.17. The van der Waals surface area contributed by atoms with Crippen LogP contribution in [0.25, 0.3) is 0 Å². The summed E-state index contributed by atoms with van der Waals surface area (Å²) in [4.78, 5) is 11.1. The Morgan fingerprint density at radius 3 is 1.09 bits per heavy atom. The van der Waals surface area contributed by atoms with Crippen molar-refractivity contribution in [3.8, 4) is 0 Å². The summed E-state index contributed by atoms with van der Waals surface area (Å²) >= 11 is 0. The number of methoxy groups -OCH3 is 1. The molecule has 0 amide bonds. The lowest BCUT2D eigenvalue weighted by atomic mass is 10.0. The average molecular weight is 497 g/mol. The Hall–Kier alpha value is -0.570. The highest BCUT2D eigenvalue weighted by Gasteiger charge is 2.13. The number of unbranched alkanes of at least 4 members (excludes halogenated alkanes) is 22. The van der Waals surface area contributed by atoms with Gasteiger partial charge in [0.1, 0.15) is 0 Å². The average Bonchev–Trinajstić information content (AvgIpc) is 2.84. The van der Waals surface area contributed by atoms with Crippen LogP contribution in [-0.2, 0) is 9.53 Å². The maximum atomic E-state index is 11.1. The monoisotopic (exact) mass is 497 g/mol. The van der Waals surface area contributed by atoms with Gasteiger partial charge in [-0.2, -0.15) is 0 Å². The molecule has 3 nitrogen and oxygen atoms in total. The van der Waals surface area contributed by atoms with Gasteiger partial charge in [0.2, 0.25) is 0 Å². The molecule has 0 N–H and O–H groups in total. The normalized spacial score (nSPS) is 11.8. The van der Waals surface area contributed by atoms with Gasteiger partial charge in [-0.3, -0.25) is 4.79 Å². The summed E-state index contributed by atoms with van der Waals surface area (Å²) in [6.07, 6.45) is 34.0. The van der Waals surface area contributed by atoms with E-state index in [1.165, 1.54) is 172 Å². The van der Waals surface area contributed by atoms with E-state index in [4.69, 9.17) is 0 Å². The molecule has 0 radical (unpaired) electrons. The van der Waals surface area contributed by atoms with Crippen molar-refractivity contribution < 1.29 is 14.0 Å². The molecule has 0 atom stereocenters. The summed E-state index contributed by atoms with van der Waals surface area (Å²) < 4.78 is 5.89. The molecule has 0 rings (SSSR count). The van der Waals surface area contributed by atoms with E-state index in [0.29, 0.717) is 6.42 Å². The van der Waals surface area contributed by atoms with Crippen LogP contribution >= 0.6 is 0 Å². The van der Waals surface area contributed by atoms with Gasteiger partial charge in [0.15, 0.2) is 0 Å². The zero-order chi connectivity index (χ0) is 25.9. The molecule has 0 aromatic heterocycles. The predicted molar refractivity (Wildman–Crippen MR) is 155 cm³/mol. The quantitative estimate of drug-likeness (QED) is 0.0611. The topological polar surface area (TPSA) is 26.3 Å². The fraction of sp³-hybridized carbons (Fsp3) is 0.969. The standard InChI is InChI=1S/C32H66NO2/c1-5-6-7-8-9-10-11-12-13-14-15-16-18-21-24-27-30-33(2,3)31-28-25-22-19-17-20-23-26-29-32(34)35-4/h5-31H2,1-4H3/q+1. The van der Waals surface area contributed by atoms with E-state index in [1.807, 2.05) is 0 Å². The third-order valence-corrected chi connectivity index (χ3v) is 7.74. The van der Waals surface area contributed by atoms with Crippen LogP contribution in [0.4, 0.5) is 0 Å². The second-order valence-corrected chi connectivity index (χ2v) is 11.8. The van der Waals surface area contributed by atoms with Crippen LogP contribution in [0.5, 0.6) is 0 Å². The van der Waals surface area contributed by atoms with Gasteiger partial charge in [-0.25, -0.2) is 0 Å². The van der Waals surface area contributed by atoms with Crippen LogP contribution < -0.4 is 0 Å². The molecule has 210 valence electrons. The lowest BCUT2D eigenvalue weighted by Gasteiger charge is -2.30. The molecule has 0 saturated heterocycles. The van der Waals surface area contributed by atoms with Crippen LogP contribution in [0.1, 0.15) is 167 Å². The first kappa shape index (κ1) is 34.4. The van der Waals surface area contributed by atoms with Crippen molar-refractivity contribution in [1.29, 1.82) is 0 Å². The van der Waals surface area contributed by atoms with Gasteiger partial charge < -0.3 is 9.22 Å². The van der Waals surface area contributed by atoms with Gasteiger partial charge in [-0.1, -0.05) is 129 Å². The minimum absolute atomic E-state index is 0.0645. The number of hydrogen-bond donors (Lipinski definition) is 0. The van der Waals surface area contributed by atoms with E-state index in [0.717, 1.165) is 6.42 Å². The Kier molecular flexibility index (Phi) is 26.1. The summed E-state index contributed by atoms with van der Waals surface area (Å²) in [6, 6.07) is 0. The van der Waals surface area contributed by atoms with Crippen LogP contribution in [0.15, 0.2) is 0 Å². The first-order valence-corrected chi connectivity index (χ1v) is 15.9. The Morgan fingerprint density at radius 1 is 0.486 bits per heavy atom. The van der Waals surface area contributed by atoms with E-state index >= 15 is 0 Å². The van der Waals surface area contributed by atoms with Gasteiger partial charge >= 0.3 is 5.97 Å². The largest absolute Gasteiger partial charge is 0.469 e. The molecule has 0 aliphatic heterocycles. The van der Waals surface area contributed by atoms with E-state index in [9.17, 15) is 4.79 Å². The number of hydrogen-bond acceptors (Lipinski definition) is 2. The third kappa shape index (κ3) is 27.9. The number of quaternary nitrogens is 1. The highest BCUT2D eigenvalue weighted by Crippen LogP contribution is 2.15. The molecule has 3 heteroatoms. The van der Waals surface area contributed by atoms with Crippen molar-refractivity contribution in [2.24, 2.45) is 0 Å². The lowest BCUT2D eigenvalue weighted by Crippen LogP contribution is -2.41.